The van der Waals surface area contributed by atoms with Crippen LogP contribution in [0.4, 0.5) is 5.82 Å². The van der Waals surface area contributed by atoms with Gasteiger partial charge in [0.05, 0.1) is 11.6 Å². The summed E-state index contributed by atoms with van der Waals surface area (Å²) in [6.45, 7) is 2.75. The fourth-order valence-electron chi connectivity index (χ4n) is 1.74. The van der Waals surface area contributed by atoms with Crippen LogP contribution >= 0.6 is 0 Å². The summed E-state index contributed by atoms with van der Waals surface area (Å²) in [6.07, 6.45) is 3.33. The van der Waals surface area contributed by atoms with Crippen molar-refractivity contribution in [3.8, 4) is 0 Å². The van der Waals surface area contributed by atoms with Crippen LogP contribution in [0.2, 0.25) is 0 Å². The van der Waals surface area contributed by atoms with E-state index < -0.39 is 4.92 Å². The molecule has 1 aliphatic heterocycles. The molecule has 0 amide bonds. The van der Waals surface area contributed by atoms with Gasteiger partial charge >= 0.3 is 5.82 Å². The number of aryl methyl sites for hydroxylation is 1. The zero-order valence-electron chi connectivity index (χ0n) is 8.30. The Morgan fingerprint density at radius 2 is 2.60 bits per heavy atom. The van der Waals surface area contributed by atoms with Gasteiger partial charge in [0, 0.05) is 0 Å². The Morgan fingerprint density at radius 1 is 1.73 bits per heavy atom. The number of nitrogens with one attached hydrogen (secondary N) is 1. The van der Waals surface area contributed by atoms with Gasteiger partial charge in [-0.25, -0.2) is 0 Å². The van der Waals surface area contributed by atoms with Gasteiger partial charge in [0.15, 0.2) is 6.20 Å². The van der Waals surface area contributed by atoms with E-state index in [4.69, 9.17) is 0 Å². The number of hydrogen-bond acceptors (Lipinski definition) is 5. The minimum atomic E-state index is -0.527. The van der Waals surface area contributed by atoms with Crippen LogP contribution < -0.4 is 5.32 Å². The topological polar surface area (TPSA) is 85.9 Å². The molecule has 1 aromatic heterocycles. The molecule has 1 unspecified atom stereocenters. The molecule has 1 aliphatic rings. The molecule has 0 saturated carbocycles. The molecule has 1 atom stereocenters. The van der Waals surface area contributed by atoms with E-state index in [0.29, 0.717) is 12.5 Å². The maximum atomic E-state index is 10.4. The summed E-state index contributed by atoms with van der Waals surface area (Å²) in [6, 6.07) is 0. The standard InChI is InChI=1S/C8H13N5O2/c14-13(15)8-6-10-12(11-8)4-2-7-1-3-9-5-7/h6-7,9H,1-5H2. The molecule has 82 valence electrons. The molecule has 0 bridgehead atoms. The first-order valence-corrected chi connectivity index (χ1v) is 5.01. The average molecular weight is 211 g/mol. The van der Waals surface area contributed by atoms with Crippen LogP contribution in [-0.2, 0) is 6.54 Å². The fraction of sp³-hybridized carbons (Fsp3) is 0.750. The van der Waals surface area contributed by atoms with Gasteiger partial charge in [-0.05, 0) is 36.8 Å². The van der Waals surface area contributed by atoms with Crippen LogP contribution in [0, 0.1) is 16.0 Å². The molecule has 1 N–H and O–H groups in total. The van der Waals surface area contributed by atoms with Gasteiger partial charge in [0.25, 0.3) is 0 Å². The van der Waals surface area contributed by atoms with Gasteiger partial charge in [-0.2, -0.15) is 0 Å². The van der Waals surface area contributed by atoms with E-state index in [2.05, 4.69) is 15.5 Å². The van der Waals surface area contributed by atoms with Crippen molar-refractivity contribution < 1.29 is 4.92 Å². The van der Waals surface area contributed by atoms with Crippen molar-refractivity contribution in [1.82, 2.24) is 20.3 Å². The molecule has 0 aromatic carbocycles. The summed E-state index contributed by atoms with van der Waals surface area (Å²) < 4.78 is 0. The Hall–Kier alpha value is -1.50. The Balaban J connectivity index is 1.84. The highest BCUT2D eigenvalue weighted by Crippen LogP contribution is 2.13. The lowest BCUT2D eigenvalue weighted by molar-refractivity contribution is -0.389. The second kappa shape index (κ2) is 4.35. The predicted octanol–water partition coefficient (Wildman–Crippen LogP) is 0.186. The summed E-state index contributed by atoms with van der Waals surface area (Å²) in [5.41, 5.74) is 0. The van der Waals surface area contributed by atoms with Gasteiger partial charge in [0.1, 0.15) is 0 Å². The Bertz CT molecular complexity index is 345. The van der Waals surface area contributed by atoms with Crippen LogP contribution in [0.5, 0.6) is 0 Å². The van der Waals surface area contributed by atoms with E-state index in [9.17, 15) is 10.1 Å². The maximum Gasteiger partial charge on any atom is 0.410 e. The molecular formula is C8H13N5O2. The lowest BCUT2D eigenvalue weighted by Crippen LogP contribution is -2.12. The first-order chi connectivity index (χ1) is 7.25. The van der Waals surface area contributed by atoms with Crippen LogP contribution in [0.1, 0.15) is 12.8 Å². The normalized spacial score (nSPS) is 20.7. The van der Waals surface area contributed by atoms with Crippen molar-refractivity contribution in [1.29, 1.82) is 0 Å². The maximum absolute atomic E-state index is 10.4. The van der Waals surface area contributed by atoms with Crippen molar-refractivity contribution in [3.63, 3.8) is 0 Å². The molecule has 1 aromatic rings. The smallest absolute Gasteiger partial charge is 0.358 e. The first-order valence-electron chi connectivity index (χ1n) is 5.01. The molecule has 1 saturated heterocycles. The van der Waals surface area contributed by atoms with Crippen LogP contribution in [-0.4, -0.2) is 33.0 Å². The summed E-state index contributed by atoms with van der Waals surface area (Å²) in [5, 5.41) is 21.2. The molecule has 2 rings (SSSR count). The largest absolute Gasteiger partial charge is 0.410 e. The SMILES string of the molecule is O=[N+]([O-])c1cnn(CCC2CCNC2)n1. The van der Waals surface area contributed by atoms with Crippen molar-refractivity contribution in [3.05, 3.63) is 16.3 Å². The van der Waals surface area contributed by atoms with Crippen molar-refractivity contribution in [2.24, 2.45) is 5.92 Å². The van der Waals surface area contributed by atoms with Crippen LogP contribution in [0.25, 0.3) is 0 Å². The predicted molar refractivity (Wildman–Crippen MR) is 52.3 cm³/mol. The molecule has 7 nitrogen and oxygen atoms in total. The molecule has 0 aliphatic carbocycles. The number of rotatable bonds is 4. The highest BCUT2D eigenvalue weighted by Gasteiger charge is 2.17. The lowest BCUT2D eigenvalue weighted by atomic mass is 10.1. The minimum absolute atomic E-state index is 0.181. The van der Waals surface area contributed by atoms with Crippen molar-refractivity contribution >= 4 is 5.82 Å². The molecule has 1 fully saturated rings. The lowest BCUT2D eigenvalue weighted by Gasteiger charge is -2.04. The van der Waals surface area contributed by atoms with E-state index in [1.807, 2.05) is 0 Å². The van der Waals surface area contributed by atoms with E-state index in [0.717, 1.165) is 19.5 Å². The number of hydrogen-bond donors (Lipinski definition) is 1. The highest BCUT2D eigenvalue weighted by atomic mass is 16.6. The quantitative estimate of drug-likeness (QED) is 0.567. The number of nitrogens with zero attached hydrogens (tertiary/aromatic N) is 4. The first kappa shape index (κ1) is 10.0. The monoisotopic (exact) mass is 211 g/mol. The number of aromatic nitrogens is 3. The third kappa shape index (κ3) is 2.50. The summed E-state index contributed by atoms with van der Waals surface area (Å²) in [4.78, 5) is 11.2. The molecule has 0 spiro atoms. The molecular weight excluding hydrogens is 198 g/mol. The molecule has 0 radical (unpaired) electrons. The second-order valence-electron chi connectivity index (χ2n) is 3.70. The Kier molecular flexibility index (Phi) is 2.91. The van der Waals surface area contributed by atoms with Gasteiger partial charge < -0.3 is 15.4 Å². The van der Waals surface area contributed by atoms with Gasteiger partial charge in [-0.15, -0.1) is 5.10 Å². The zero-order valence-corrected chi connectivity index (χ0v) is 8.30. The summed E-state index contributed by atoms with van der Waals surface area (Å²) >= 11 is 0. The third-order valence-electron chi connectivity index (χ3n) is 2.61. The van der Waals surface area contributed by atoms with Gasteiger partial charge in [0.2, 0.25) is 0 Å². The highest BCUT2D eigenvalue weighted by molar-refractivity contribution is 5.07. The minimum Gasteiger partial charge on any atom is -0.358 e. The van der Waals surface area contributed by atoms with E-state index >= 15 is 0 Å². The Labute approximate surface area is 86.6 Å². The molecule has 15 heavy (non-hydrogen) atoms. The van der Waals surface area contributed by atoms with Crippen molar-refractivity contribution in [2.45, 2.75) is 19.4 Å². The van der Waals surface area contributed by atoms with E-state index in [-0.39, 0.29) is 5.82 Å². The van der Waals surface area contributed by atoms with Crippen LogP contribution in [0.3, 0.4) is 0 Å². The number of nitro groups is 1. The molecule has 2 heterocycles. The van der Waals surface area contributed by atoms with Crippen LogP contribution in [0.15, 0.2) is 6.20 Å². The van der Waals surface area contributed by atoms with Gasteiger partial charge in [-0.1, -0.05) is 4.80 Å². The third-order valence-corrected chi connectivity index (χ3v) is 2.61. The summed E-state index contributed by atoms with van der Waals surface area (Å²) in [7, 11) is 0. The fourth-order valence-corrected chi connectivity index (χ4v) is 1.74. The Morgan fingerprint density at radius 3 is 3.20 bits per heavy atom. The second-order valence-corrected chi connectivity index (χ2v) is 3.70. The van der Waals surface area contributed by atoms with Crippen molar-refractivity contribution in [2.75, 3.05) is 13.1 Å². The van der Waals surface area contributed by atoms with Gasteiger partial charge in [-0.3, -0.25) is 0 Å². The molecule has 7 heteroatoms. The van der Waals surface area contributed by atoms with E-state index in [1.165, 1.54) is 17.4 Å². The summed E-state index contributed by atoms with van der Waals surface area (Å²) in [5.74, 6) is 0.467. The zero-order chi connectivity index (χ0) is 10.7. The average Bonchev–Trinajstić information content (AvgIpc) is 2.86. The van der Waals surface area contributed by atoms with E-state index in [1.54, 1.807) is 0 Å².